The molecule has 2 rings (SSSR count). The van der Waals surface area contributed by atoms with E-state index in [4.69, 9.17) is 5.11 Å². The normalized spacial score (nSPS) is 12.1. The van der Waals surface area contributed by atoms with Gasteiger partial charge in [0.2, 0.25) is 5.78 Å². The van der Waals surface area contributed by atoms with Gasteiger partial charge in [-0.2, -0.15) is 0 Å². The second-order valence-electron chi connectivity index (χ2n) is 4.63. The number of thiophene rings is 1. The molecule has 0 spiro atoms. The maximum Gasteiger partial charge on any atom is 0.310 e. The number of carboxylic acid groups (broad SMARTS) is 1. The Kier molecular flexibility index (Phi) is 4.35. The Balaban J connectivity index is 2.21. The molecule has 20 heavy (non-hydrogen) atoms. The van der Waals surface area contributed by atoms with Crippen LogP contribution in [-0.2, 0) is 11.2 Å². The molecule has 4 heteroatoms. The van der Waals surface area contributed by atoms with E-state index in [1.807, 2.05) is 12.1 Å². The molecule has 2 aromatic rings. The molecule has 0 fully saturated rings. The fraction of sp³-hybridized carbons (Fsp3) is 0.250. The van der Waals surface area contributed by atoms with Crippen molar-refractivity contribution < 1.29 is 14.7 Å². The standard InChI is InChI=1S/C16H16O3S/c1-3-13-8-9-14(20-13)15(17)12-6-4-11(5-7-12)10(2)16(18)19/h4-10H,3H2,1-2H3,(H,18,19). The summed E-state index contributed by atoms with van der Waals surface area (Å²) in [5.74, 6) is -1.44. The summed E-state index contributed by atoms with van der Waals surface area (Å²) in [5, 5.41) is 8.96. The molecule has 0 amide bonds. The third-order valence-corrected chi connectivity index (χ3v) is 4.51. The van der Waals surface area contributed by atoms with Crippen molar-refractivity contribution in [1.29, 1.82) is 0 Å². The summed E-state index contributed by atoms with van der Waals surface area (Å²) >= 11 is 1.51. The zero-order valence-electron chi connectivity index (χ0n) is 11.4. The summed E-state index contributed by atoms with van der Waals surface area (Å²) in [6.07, 6.45) is 0.924. The fourth-order valence-electron chi connectivity index (χ4n) is 1.90. The lowest BCUT2D eigenvalue weighted by atomic mass is 9.99. The number of aliphatic carboxylic acids is 1. The largest absolute Gasteiger partial charge is 0.481 e. The Labute approximate surface area is 121 Å². The van der Waals surface area contributed by atoms with Gasteiger partial charge in [-0.1, -0.05) is 31.2 Å². The molecule has 0 aliphatic carbocycles. The molecular formula is C16H16O3S. The topological polar surface area (TPSA) is 54.4 Å². The van der Waals surface area contributed by atoms with Crippen molar-refractivity contribution in [3.05, 3.63) is 57.3 Å². The molecule has 0 bridgehead atoms. The number of aryl methyl sites for hydroxylation is 1. The summed E-state index contributed by atoms with van der Waals surface area (Å²) in [7, 11) is 0. The van der Waals surface area contributed by atoms with E-state index in [1.165, 1.54) is 16.2 Å². The molecule has 1 N–H and O–H groups in total. The molecule has 1 unspecified atom stereocenters. The molecule has 1 aromatic carbocycles. The summed E-state index contributed by atoms with van der Waals surface area (Å²) in [6, 6.07) is 10.6. The van der Waals surface area contributed by atoms with E-state index in [9.17, 15) is 9.59 Å². The van der Waals surface area contributed by atoms with Crippen molar-refractivity contribution in [2.75, 3.05) is 0 Å². The highest BCUT2D eigenvalue weighted by atomic mass is 32.1. The monoisotopic (exact) mass is 288 g/mol. The van der Waals surface area contributed by atoms with Gasteiger partial charge in [-0.3, -0.25) is 9.59 Å². The van der Waals surface area contributed by atoms with Crippen LogP contribution in [0.5, 0.6) is 0 Å². The van der Waals surface area contributed by atoms with Gasteiger partial charge in [0.05, 0.1) is 10.8 Å². The zero-order chi connectivity index (χ0) is 14.7. The van der Waals surface area contributed by atoms with Crippen LogP contribution < -0.4 is 0 Å². The lowest BCUT2D eigenvalue weighted by Gasteiger charge is -2.07. The number of carbonyl (C=O) groups excluding carboxylic acids is 1. The van der Waals surface area contributed by atoms with Gasteiger partial charge in [0.25, 0.3) is 0 Å². The molecule has 0 radical (unpaired) electrons. The first kappa shape index (κ1) is 14.5. The minimum absolute atomic E-state index is 0.00997. The predicted octanol–water partition coefficient (Wildman–Crippen LogP) is 3.73. The van der Waals surface area contributed by atoms with Crippen LogP contribution in [0.1, 0.15) is 45.4 Å². The molecule has 104 valence electrons. The molecule has 0 aliphatic heterocycles. The minimum Gasteiger partial charge on any atom is -0.481 e. The average molecular weight is 288 g/mol. The summed E-state index contributed by atoms with van der Waals surface area (Å²) in [6.45, 7) is 3.69. The second kappa shape index (κ2) is 6.01. The number of rotatable bonds is 5. The average Bonchev–Trinajstić information content (AvgIpc) is 2.94. The Morgan fingerprint density at radius 1 is 1.15 bits per heavy atom. The molecular weight excluding hydrogens is 272 g/mol. The van der Waals surface area contributed by atoms with Crippen LogP contribution in [0.15, 0.2) is 36.4 Å². The van der Waals surface area contributed by atoms with Gasteiger partial charge in [-0.15, -0.1) is 11.3 Å². The first-order valence-corrected chi connectivity index (χ1v) is 7.30. The summed E-state index contributed by atoms with van der Waals surface area (Å²) in [5.41, 5.74) is 1.30. The predicted molar refractivity (Wildman–Crippen MR) is 79.6 cm³/mol. The Bertz CT molecular complexity index is 625. The van der Waals surface area contributed by atoms with Crippen LogP contribution in [0.4, 0.5) is 0 Å². The molecule has 3 nitrogen and oxygen atoms in total. The Morgan fingerprint density at radius 2 is 1.80 bits per heavy atom. The van der Waals surface area contributed by atoms with Crippen LogP contribution in [0, 0.1) is 0 Å². The summed E-state index contributed by atoms with van der Waals surface area (Å²) in [4.78, 5) is 25.1. The van der Waals surface area contributed by atoms with Gasteiger partial charge in [0.15, 0.2) is 0 Å². The van der Waals surface area contributed by atoms with Gasteiger partial charge in [0.1, 0.15) is 0 Å². The van der Waals surface area contributed by atoms with Crippen LogP contribution in [0.25, 0.3) is 0 Å². The van der Waals surface area contributed by atoms with E-state index >= 15 is 0 Å². The van der Waals surface area contributed by atoms with Crippen LogP contribution >= 0.6 is 11.3 Å². The van der Waals surface area contributed by atoms with Crippen molar-refractivity contribution in [3.63, 3.8) is 0 Å². The maximum atomic E-state index is 12.3. The SMILES string of the molecule is CCc1ccc(C(=O)c2ccc(C(C)C(=O)O)cc2)s1. The highest BCUT2D eigenvalue weighted by Gasteiger charge is 2.15. The Hall–Kier alpha value is -1.94. The van der Waals surface area contributed by atoms with Crippen LogP contribution in [0.3, 0.4) is 0 Å². The van der Waals surface area contributed by atoms with E-state index in [0.717, 1.165) is 11.3 Å². The van der Waals surface area contributed by atoms with Crippen LogP contribution in [0.2, 0.25) is 0 Å². The third kappa shape index (κ3) is 2.96. The van der Waals surface area contributed by atoms with Gasteiger partial charge in [-0.25, -0.2) is 0 Å². The highest BCUT2D eigenvalue weighted by molar-refractivity contribution is 7.14. The molecule has 0 aliphatic rings. The molecule has 1 aromatic heterocycles. The smallest absolute Gasteiger partial charge is 0.310 e. The lowest BCUT2D eigenvalue weighted by molar-refractivity contribution is -0.138. The summed E-state index contributed by atoms with van der Waals surface area (Å²) < 4.78 is 0. The van der Waals surface area contributed by atoms with E-state index in [0.29, 0.717) is 11.1 Å². The first-order chi connectivity index (χ1) is 9.52. The van der Waals surface area contributed by atoms with Gasteiger partial charge in [-0.05, 0) is 31.0 Å². The number of carbonyl (C=O) groups is 2. The molecule has 1 heterocycles. The Morgan fingerprint density at radius 3 is 2.30 bits per heavy atom. The maximum absolute atomic E-state index is 12.3. The number of hydrogen-bond donors (Lipinski definition) is 1. The van der Waals surface area contributed by atoms with Crippen molar-refractivity contribution in [2.45, 2.75) is 26.2 Å². The third-order valence-electron chi connectivity index (χ3n) is 3.28. The number of ketones is 1. The van der Waals surface area contributed by atoms with E-state index in [-0.39, 0.29) is 5.78 Å². The van der Waals surface area contributed by atoms with E-state index < -0.39 is 11.9 Å². The van der Waals surface area contributed by atoms with Crippen LogP contribution in [-0.4, -0.2) is 16.9 Å². The quantitative estimate of drug-likeness (QED) is 0.853. The zero-order valence-corrected chi connectivity index (χ0v) is 12.2. The molecule has 0 saturated carbocycles. The van der Waals surface area contributed by atoms with E-state index in [1.54, 1.807) is 31.2 Å². The van der Waals surface area contributed by atoms with Crippen molar-refractivity contribution in [3.8, 4) is 0 Å². The van der Waals surface area contributed by atoms with Crippen molar-refractivity contribution in [2.24, 2.45) is 0 Å². The lowest BCUT2D eigenvalue weighted by Crippen LogP contribution is -2.07. The minimum atomic E-state index is -0.866. The highest BCUT2D eigenvalue weighted by Crippen LogP contribution is 2.22. The fourth-order valence-corrected chi connectivity index (χ4v) is 2.81. The number of carboxylic acids is 1. The number of benzene rings is 1. The molecule has 1 atom stereocenters. The van der Waals surface area contributed by atoms with Gasteiger partial charge < -0.3 is 5.11 Å². The molecule has 0 saturated heterocycles. The van der Waals surface area contributed by atoms with Gasteiger partial charge >= 0.3 is 5.97 Å². The van der Waals surface area contributed by atoms with Crippen molar-refractivity contribution in [1.82, 2.24) is 0 Å². The first-order valence-electron chi connectivity index (χ1n) is 6.49. The van der Waals surface area contributed by atoms with E-state index in [2.05, 4.69) is 6.92 Å². The van der Waals surface area contributed by atoms with Gasteiger partial charge in [0, 0.05) is 10.4 Å². The van der Waals surface area contributed by atoms with Crippen molar-refractivity contribution >= 4 is 23.1 Å². The number of hydrogen-bond acceptors (Lipinski definition) is 3. The second-order valence-corrected chi connectivity index (χ2v) is 5.80.